The second-order valence-corrected chi connectivity index (χ2v) is 14.8. The lowest BCUT2D eigenvalue weighted by Crippen LogP contribution is -2.21. The second kappa shape index (κ2) is 9.27. The molecular weight excluding hydrogens is 420 g/mol. The molecule has 4 heteroatoms. The summed E-state index contributed by atoms with van der Waals surface area (Å²) in [7, 11) is -2.06. The normalized spacial score (nSPS) is 11.8. The zero-order valence-electron chi connectivity index (χ0n) is 17.0. The van der Waals surface area contributed by atoms with Gasteiger partial charge in [-0.2, -0.15) is 0 Å². The zero-order valence-corrected chi connectivity index (χ0v) is 19.6. The summed E-state index contributed by atoms with van der Waals surface area (Å²) < 4.78 is 5.78. The fraction of sp³-hybridized carbons (Fsp3) is 0.0769. The van der Waals surface area contributed by atoms with Gasteiger partial charge in [-0.05, 0) is 16.8 Å². The lowest BCUT2D eigenvalue weighted by Gasteiger charge is -2.30. The third-order valence-electron chi connectivity index (χ3n) is 5.32. The molecule has 4 aromatic rings. The molecule has 150 valence electrons. The van der Waals surface area contributed by atoms with Gasteiger partial charge >= 0.3 is 0 Å². The Kier molecular flexibility index (Phi) is 6.49. The minimum Gasteiger partial charge on any atom is -0.253 e. The second-order valence-electron chi connectivity index (χ2n) is 7.09. The quantitative estimate of drug-likeness (QED) is 0.337. The maximum Gasteiger partial charge on any atom is 0.111 e. The number of nitrogens with zero attached hydrogens (tertiary/aromatic N) is 1. The van der Waals surface area contributed by atoms with Crippen molar-refractivity contribution in [1.29, 1.82) is 0 Å². The zero-order chi connectivity index (χ0) is 20.9. The van der Waals surface area contributed by atoms with Gasteiger partial charge in [0.2, 0.25) is 0 Å². The highest BCUT2D eigenvalue weighted by Gasteiger charge is 2.29. The molecule has 1 nitrogen and oxygen atoms in total. The number of rotatable bonds is 6. The molecule has 30 heavy (non-hydrogen) atoms. The van der Waals surface area contributed by atoms with Gasteiger partial charge in [-0.3, -0.25) is 4.52 Å². The molecule has 0 spiro atoms. The summed E-state index contributed by atoms with van der Waals surface area (Å²) >= 11 is 6.52. The van der Waals surface area contributed by atoms with E-state index < -0.39 is 13.2 Å². The van der Waals surface area contributed by atoms with E-state index in [2.05, 4.69) is 116 Å². The first-order valence-corrected chi connectivity index (χ1v) is 14.8. The smallest absolute Gasteiger partial charge is 0.111 e. The van der Waals surface area contributed by atoms with Crippen LogP contribution in [0.15, 0.2) is 126 Å². The highest BCUT2D eigenvalue weighted by Crippen LogP contribution is 2.59. The molecule has 4 aromatic carbocycles. The van der Waals surface area contributed by atoms with E-state index in [4.69, 9.17) is 16.3 Å². The van der Waals surface area contributed by atoms with Crippen LogP contribution in [0.5, 0.6) is 0 Å². The first-order valence-electron chi connectivity index (χ1n) is 10.1. The Balaban J connectivity index is 2.10. The average molecular weight is 446 g/mol. The van der Waals surface area contributed by atoms with Crippen LogP contribution in [0.3, 0.4) is 0 Å². The molecule has 0 fully saturated rings. The van der Waals surface area contributed by atoms with Crippen LogP contribution in [0.4, 0.5) is 0 Å². The van der Waals surface area contributed by atoms with Crippen LogP contribution in [-0.4, -0.2) is 6.16 Å². The lowest BCUT2D eigenvalue weighted by molar-refractivity contribution is 1.48. The third kappa shape index (κ3) is 4.01. The van der Waals surface area contributed by atoms with Gasteiger partial charge in [0.1, 0.15) is 6.19 Å². The highest BCUT2D eigenvalue weighted by molar-refractivity contribution is 8.22. The molecule has 0 unspecified atom stereocenters. The molecule has 0 aromatic heterocycles. The molecule has 0 aliphatic heterocycles. The van der Waals surface area contributed by atoms with Gasteiger partial charge in [-0.25, -0.2) is 0 Å². The molecule has 0 saturated heterocycles. The van der Waals surface area contributed by atoms with E-state index >= 15 is 0 Å². The van der Waals surface area contributed by atoms with E-state index in [-0.39, 0.29) is 0 Å². The topological polar surface area (TPSA) is 12.4 Å². The molecule has 0 amide bonds. The monoisotopic (exact) mass is 445 g/mol. The van der Waals surface area contributed by atoms with E-state index in [1.807, 2.05) is 12.1 Å². The van der Waals surface area contributed by atoms with Crippen molar-refractivity contribution in [2.75, 3.05) is 6.16 Å². The number of benzene rings is 4. The van der Waals surface area contributed by atoms with Crippen molar-refractivity contribution in [3.8, 4) is 0 Å². The van der Waals surface area contributed by atoms with Crippen molar-refractivity contribution in [2.45, 2.75) is 6.92 Å². The molecule has 0 saturated carbocycles. The number of hydrogen-bond donors (Lipinski definition) is 0. The maximum atomic E-state index is 6.52. The van der Waals surface area contributed by atoms with Gasteiger partial charge < -0.3 is 0 Å². The Labute approximate surface area is 184 Å². The summed E-state index contributed by atoms with van der Waals surface area (Å²) in [5.41, 5.74) is 0. The summed E-state index contributed by atoms with van der Waals surface area (Å²) in [6.45, 7) is 2.26. The van der Waals surface area contributed by atoms with Crippen LogP contribution in [0.25, 0.3) is 0 Å². The first kappa shape index (κ1) is 21.0. The molecule has 0 atom stereocenters. The van der Waals surface area contributed by atoms with E-state index in [0.29, 0.717) is 0 Å². The highest BCUT2D eigenvalue weighted by atomic mass is 32.4. The van der Waals surface area contributed by atoms with E-state index in [9.17, 15) is 0 Å². The minimum absolute atomic E-state index is 0.944. The largest absolute Gasteiger partial charge is 0.253 e. The fourth-order valence-corrected chi connectivity index (χ4v) is 13.3. The van der Waals surface area contributed by atoms with Crippen LogP contribution in [-0.2, 0) is 11.8 Å². The van der Waals surface area contributed by atoms with Crippen LogP contribution in [0.2, 0.25) is 0 Å². The van der Waals surface area contributed by atoms with Gasteiger partial charge in [0.15, 0.2) is 0 Å². The average Bonchev–Trinajstić information content (AvgIpc) is 2.85. The Morgan fingerprint density at radius 3 is 1.13 bits per heavy atom. The van der Waals surface area contributed by atoms with E-state index in [0.717, 1.165) is 16.8 Å². The van der Waals surface area contributed by atoms with E-state index in [1.165, 1.54) is 10.6 Å². The Morgan fingerprint density at radius 2 is 0.833 bits per heavy atom. The van der Waals surface area contributed by atoms with Crippen LogP contribution < -0.4 is 21.2 Å². The van der Waals surface area contributed by atoms with Crippen molar-refractivity contribution in [3.63, 3.8) is 0 Å². The van der Waals surface area contributed by atoms with Crippen molar-refractivity contribution >= 4 is 46.3 Å². The van der Waals surface area contributed by atoms with Crippen LogP contribution >= 0.6 is 13.2 Å². The van der Waals surface area contributed by atoms with Gasteiger partial charge in [-0.1, -0.05) is 140 Å². The summed E-state index contributed by atoms with van der Waals surface area (Å²) in [6, 6.07) is 42.5. The summed E-state index contributed by atoms with van der Waals surface area (Å²) in [5, 5.41) is 4.88. The molecule has 0 heterocycles. The van der Waals surface area contributed by atoms with Crippen LogP contribution in [0, 0.1) is 0 Å². The predicted octanol–water partition coefficient (Wildman–Crippen LogP) is 5.90. The molecule has 0 bridgehead atoms. The molecule has 0 aliphatic carbocycles. The predicted molar refractivity (Wildman–Crippen MR) is 138 cm³/mol. The molecule has 4 rings (SSSR count). The molecule has 0 radical (unpaired) electrons. The number of hydrogen-bond acceptors (Lipinski definition) is 1. The standard InChI is InChI=1S/C26H25NP2S/c1-2-28(23-15-7-3-8-16-23,24-17-9-4-10-18-24)27-29(30,25-19-11-5-12-20-25)26-21-13-6-14-22-26/h3-22H,2H2,1H3. The summed E-state index contributed by atoms with van der Waals surface area (Å²) in [5.74, 6) is 0. The van der Waals surface area contributed by atoms with E-state index in [1.54, 1.807) is 0 Å². The first-order chi connectivity index (χ1) is 14.7. The SMILES string of the molecule is CCP(=NP(=S)(c1ccccc1)c1ccccc1)(c1ccccc1)c1ccccc1. The summed E-state index contributed by atoms with van der Waals surface area (Å²) in [6.07, 6.45) is -1.44. The minimum atomic E-state index is -2.39. The Bertz CT molecular complexity index is 1100. The molecular formula is C26H25NP2S. The van der Waals surface area contributed by atoms with Crippen molar-refractivity contribution in [1.82, 2.24) is 0 Å². The maximum absolute atomic E-state index is 6.52. The summed E-state index contributed by atoms with van der Waals surface area (Å²) in [4.78, 5) is 0. The fourth-order valence-electron chi connectivity index (χ4n) is 3.76. The Morgan fingerprint density at radius 1 is 0.533 bits per heavy atom. The molecule has 0 N–H and O–H groups in total. The van der Waals surface area contributed by atoms with Crippen molar-refractivity contribution in [3.05, 3.63) is 121 Å². The van der Waals surface area contributed by atoms with Gasteiger partial charge in [0.25, 0.3) is 0 Å². The van der Waals surface area contributed by atoms with Crippen LogP contribution in [0.1, 0.15) is 6.92 Å². The van der Waals surface area contributed by atoms with Gasteiger partial charge in [0.05, 0.1) is 0 Å². The molecule has 0 aliphatic rings. The Hall–Kier alpha value is -2.24. The third-order valence-corrected chi connectivity index (χ3v) is 14.7. The van der Waals surface area contributed by atoms with Crippen molar-refractivity contribution in [2.24, 2.45) is 4.52 Å². The van der Waals surface area contributed by atoms with Crippen molar-refractivity contribution < 1.29 is 0 Å². The van der Waals surface area contributed by atoms with Gasteiger partial charge in [0, 0.05) is 17.7 Å². The lowest BCUT2D eigenvalue weighted by atomic mass is 10.4. The van der Waals surface area contributed by atoms with Gasteiger partial charge in [-0.15, -0.1) is 0 Å².